The van der Waals surface area contributed by atoms with Crippen LogP contribution >= 0.6 is 34.5 Å². The largest absolute Gasteiger partial charge is 0.460 e. The van der Waals surface area contributed by atoms with Gasteiger partial charge in [-0.15, -0.1) is 11.3 Å². The summed E-state index contributed by atoms with van der Waals surface area (Å²) in [5.74, 6) is -3.20. The molecule has 0 unspecified atom stereocenters. The molecule has 31 heavy (non-hydrogen) atoms. The quantitative estimate of drug-likeness (QED) is 0.409. The molecule has 2 aromatic rings. The third kappa shape index (κ3) is 6.17. The van der Waals surface area contributed by atoms with Gasteiger partial charge in [-0.1, -0.05) is 29.3 Å². The Hall–Kier alpha value is -2.66. The summed E-state index contributed by atoms with van der Waals surface area (Å²) >= 11 is 12.7. The molecule has 12 heteroatoms. The van der Waals surface area contributed by atoms with E-state index < -0.39 is 30.4 Å². The minimum absolute atomic E-state index is 0.0243. The molecule has 0 radical (unpaired) electrons. The van der Waals surface area contributed by atoms with E-state index >= 15 is 0 Å². The third-order valence-electron chi connectivity index (χ3n) is 3.85. The normalized spacial score (nSPS) is 10.5. The zero-order valence-corrected chi connectivity index (χ0v) is 18.8. The molecule has 0 aliphatic rings. The molecule has 2 amide bonds. The summed E-state index contributed by atoms with van der Waals surface area (Å²) in [5.41, 5.74) is 5.49. The molecule has 9 nitrogen and oxygen atoms in total. The van der Waals surface area contributed by atoms with Gasteiger partial charge in [0.1, 0.15) is 11.6 Å². The van der Waals surface area contributed by atoms with Crippen molar-refractivity contribution in [3.05, 3.63) is 49.8 Å². The highest BCUT2D eigenvalue weighted by Gasteiger charge is 2.26. The van der Waals surface area contributed by atoms with Gasteiger partial charge in [0.15, 0.2) is 6.61 Å². The number of amides is 2. The molecule has 0 atom stereocenters. The summed E-state index contributed by atoms with van der Waals surface area (Å²) in [6, 6.07) is 4.45. The molecule has 1 aromatic heterocycles. The third-order valence-corrected chi connectivity index (χ3v) is 5.70. The van der Waals surface area contributed by atoms with Gasteiger partial charge in [-0.05, 0) is 24.6 Å². The van der Waals surface area contributed by atoms with Crippen molar-refractivity contribution in [3.63, 3.8) is 0 Å². The molecule has 0 bridgehead atoms. The zero-order chi connectivity index (χ0) is 23.1. The van der Waals surface area contributed by atoms with Crippen LogP contribution in [0, 0.1) is 6.92 Å². The molecule has 166 valence electrons. The summed E-state index contributed by atoms with van der Waals surface area (Å²) in [6.07, 6.45) is 0. The van der Waals surface area contributed by atoms with Gasteiger partial charge >= 0.3 is 11.9 Å². The fraction of sp³-hybridized carbons (Fsp3) is 0.263. The number of thiophene rings is 1. The summed E-state index contributed by atoms with van der Waals surface area (Å²) in [6.45, 7) is 0.944. The molecular formula is C19H18Cl2N2O7S. The van der Waals surface area contributed by atoms with Crippen molar-refractivity contribution < 1.29 is 33.4 Å². The molecule has 1 heterocycles. The van der Waals surface area contributed by atoms with E-state index in [1.54, 1.807) is 6.07 Å². The number of anilines is 1. The van der Waals surface area contributed by atoms with E-state index in [0.717, 1.165) is 11.3 Å². The van der Waals surface area contributed by atoms with Crippen molar-refractivity contribution in [2.75, 3.05) is 32.2 Å². The SMILES string of the molecule is COCCOC(=O)c1c(NC(=O)COC(=O)c2c(Cl)cccc2Cl)sc(C(N)=O)c1C. The Morgan fingerprint density at radius 3 is 2.23 bits per heavy atom. The molecular weight excluding hydrogens is 471 g/mol. The van der Waals surface area contributed by atoms with Crippen molar-refractivity contribution in [2.24, 2.45) is 5.73 Å². The maximum absolute atomic E-state index is 12.4. The lowest BCUT2D eigenvalue weighted by Crippen LogP contribution is -2.22. The van der Waals surface area contributed by atoms with Crippen LogP contribution in [-0.4, -0.2) is 50.7 Å². The van der Waals surface area contributed by atoms with Crippen molar-refractivity contribution in [2.45, 2.75) is 6.92 Å². The fourth-order valence-corrected chi connectivity index (χ4v) is 4.05. The van der Waals surface area contributed by atoms with Gasteiger partial charge in [-0.3, -0.25) is 9.59 Å². The van der Waals surface area contributed by atoms with Crippen LogP contribution in [0.2, 0.25) is 10.0 Å². The number of nitrogens with two attached hydrogens (primary N) is 1. The molecule has 0 saturated heterocycles. The molecule has 0 saturated carbocycles. The van der Waals surface area contributed by atoms with Crippen molar-refractivity contribution >= 4 is 63.3 Å². The van der Waals surface area contributed by atoms with Gasteiger partial charge in [0, 0.05) is 7.11 Å². The highest BCUT2D eigenvalue weighted by Crippen LogP contribution is 2.33. The first-order valence-electron chi connectivity index (χ1n) is 8.67. The lowest BCUT2D eigenvalue weighted by atomic mass is 10.1. The van der Waals surface area contributed by atoms with Crippen LogP contribution in [0.1, 0.15) is 36.0 Å². The summed E-state index contributed by atoms with van der Waals surface area (Å²) in [5, 5.41) is 2.60. The van der Waals surface area contributed by atoms with Crippen LogP contribution in [0.15, 0.2) is 18.2 Å². The minimum atomic E-state index is -0.898. The Morgan fingerprint density at radius 2 is 1.65 bits per heavy atom. The number of rotatable bonds is 9. The second-order valence-electron chi connectivity index (χ2n) is 5.97. The van der Waals surface area contributed by atoms with Gasteiger partial charge in [0.2, 0.25) is 0 Å². The van der Waals surface area contributed by atoms with Crippen molar-refractivity contribution in [1.29, 1.82) is 0 Å². The monoisotopic (exact) mass is 488 g/mol. The number of primary amides is 1. The predicted molar refractivity (Wildman–Crippen MR) is 115 cm³/mol. The second-order valence-corrected chi connectivity index (χ2v) is 7.81. The summed E-state index contributed by atoms with van der Waals surface area (Å²) in [4.78, 5) is 48.6. The molecule has 0 aliphatic heterocycles. The van der Waals surface area contributed by atoms with Gasteiger partial charge in [-0.2, -0.15) is 0 Å². The van der Waals surface area contributed by atoms with Crippen LogP contribution in [-0.2, 0) is 19.0 Å². The highest BCUT2D eigenvalue weighted by molar-refractivity contribution is 7.18. The first kappa shape index (κ1) is 24.6. The first-order valence-corrected chi connectivity index (χ1v) is 10.2. The summed E-state index contributed by atoms with van der Waals surface area (Å²) < 4.78 is 14.8. The zero-order valence-electron chi connectivity index (χ0n) is 16.5. The van der Waals surface area contributed by atoms with E-state index in [2.05, 4.69) is 5.32 Å². The number of halogens is 2. The lowest BCUT2D eigenvalue weighted by Gasteiger charge is -2.09. The molecule has 2 rings (SSSR count). The standard InChI is InChI=1S/C19H18Cl2N2O7S/c1-9-13(18(26)29-7-6-28-2)17(31-15(9)16(22)25)23-12(24)8-30-19(27)14-10(20)4-3-5-11(14)21/h3-5H,6-8H2,1-2H3,(H2,22,25)(H,23,24). The van der Waals surface area contributed by atoms with E-state index in [9.17, 15) is 19.2 Å². The average molecular weight is 489 g/mol. The number of benzene rings is 1. The van der Waals surface area contributed by atoms with Crippen LogP contribution in [0.4, 0.5) is 5.00 Å². The Bertz CT molecular complexity index is 1000. The number of methoxy groups -OCH3 is 1. The van der Waals surface area contributed by atoms with E-state index in [-0.39, 0.29) is 49.8 Å². The van der Waals surface area contributed by atoms with Crippen LogP contribution in [0.5, 0.6) is 0 Å². The fourth-order valence-electron chi connectivity index (χ4n) is 2.43. The van der Waals surface area contributed by atoms with E-state index in [1.165, 1.54) is 26.2 Å². The Kier molecular flexibility index (Phi) is 8.81. The molecule has 3 N–H and O–H groups in total. The minimum Gasteiger partial charge on any atom is -0.460 e. The van der Waals surface area contributed by atoms with E-state index in [1.807, 2.05) is 0 Å². The van der Waals surface area contributed by atoms with Gasteiger partial charge < -0.3 is 25.3 Å². The lowest BCUT2D eigenvalue weighted by molar-refractivity contribution is -0.119. The second kappa shape index (κ2) is 11.1. The molecule has 1 aromatic carbocycles. The predicted octanol–water partition coefficient (Wildman–Crippen LogP) is 3.06. The van der Waals surface area contributed by atoms with Gasteiger partial charge in [0.05, 0.1) is 32.7 Å². The van der Waals surface area contributed by atoms with Crippen molar-refractivity contribution in [3.8, 4) is 0 Å². The number of nitrogens with one attached hydrogen (secondary N) is 1. The average Bonchev–Trinajstić information content (AvgIpc) is 3.02. The number of hydrogen-bond acceptors (Lipinski definition) is 8. The van der Waals surface area contributed by atoms with Gasteiger partial charge in [0.25, 0.3) is 11.8 Å². The molecule has 0 fully saturated rings. The smallest absolute Gasteiger partial charge is 0.341 e. The number of ether oxygens (including phenoxy) is 3. The Morgan fingerprint density at radius 1 is 1.03 bits per heavy atom. The van der Waals surface area contributed by atoms with Crippen molar-refractivity contribution in [1.82, 2.24) is 0 Å². The molecule has 0 aliphatic carbocycles. The topological polar surface area (TPSA) is 134 Å². The van der Waals surface area contributed by atoms with E-state index in [4.69, 9.17) is 43.1 Å². The number of carbonyl (C=O) groups is 4. The van der Waals surface area contributed by atoms with Gasteiger partial charge in [-0.25, -0.2) is 9.59 Å². The summed E-state index contributed by atoms with van der Waals surface area (Å²) in [7, 11) is 1.44. The Balaban J connectivity index is 2.14. The highest BCUT2D eigenvalue weighted by atomic mass is 35.5. The van der Waals surface area contributed by atoms with Crippen LogP contribution in [0.3, 0.4) is 0 Å². The maximum Gasteiger partial charge on any atom is 0.341 e. The van der Waals surface area contributed by atoms with Crippen LogP contribution in [0.25, 0.3) is 0 Å². The Labute approximate surface area is 191 Å². The molecule has 0 spiro atoms. The van der Waals surface area contributed by atoms with Crippen LogP contribution < -0.4 is 11.1 Å². The maximum atomic E-state index is 12.4. The van der Waals surface area contributed by atoms with E-state index in [0.29, 0.717) is 0 Å². The first-order chi connectivity index (χ1) is 14.7. The number of esters is 2. The number of carbonyl (C=O) groups excluding carboxylic acids is 4. The number of hydrogen-bond donors (Lipinski definition) is 2.